The number of fused-ring (bicyclic) bond motifs is 1. The number of benzene rings is 2. The molecule has 1 aromatic heterocycles. The van der Waals surface area contributed by atoms with E-state index in [4.69, 9.17) is 14.0 Å². The van der Waals surface area contributed by atoms with Crippen LogP contribution in [-0.2, 0) is 6.42 Å². The summed E-state index contributed by atoms with van der Waals surface area (Å²) in [5.74, 6) is 1.22. The lowest BCUT2D eigenvalue weighted by molar-refractivity contribution is 0.191. The largest absolute Gasteiger partial charge is 0.496 e. The van der Waals surface area contributed by atoms with Crippen LogP contribution in [0.3, 0.4) is 0 Å². The number of anilines is 1. The van der Waals surface area contributed by atoms with Gasteiger partial charge in [0, 0.05) is 25.2 Å². The first kappa shape index (κ1) is 23.2. The van der Waals surface area contributed by atoms with Gasteiger partial charge in [-0.2, -0.15) is 0 Å². The van der Waals surface area contributed by atoms with E-state index in [1.807, 2.05) is 25.1 Å². The van der Waals surface area contributed by atoms with E-state index >= 15 is 0 Å². The van der Waals surface area contributed by atoms with E-state index in [0.717, 1.165) is 54.7 Å². The Balaban J connectivity index is 0.00000272. The molecule has 0 spiro atoms. The minimum Gasteiger partial charge on any atom is -0.496 e. The van der Waals surface area contributed by atoms with Crippen LogP contribution in [0.5, 0.6) is 11.5 Å². The zero-order valence-corrected chi connectivity index (χ0v) is 19.1. The highest BCUT2D eigenvalue weighted by molar-refractivity contribution is 5.93. The zero-order valence-electron chi connectivity index (χ0n) is 18.3. The standard InChI is InChI=1S/C24H29FN2O3.ClH/c1-4-16-9-10-18(15-21(16)28-3)29-20(5-2)24-23-19(27-11-7-6-8-12-27)13-17(25)14-22(23)30-26-24;/h9-10,13-15,20H,4-8,11-12H2,1-3H3;1H. The summed E-state index contributed by atoms with van der Waals surface area (Å²) in [5.41, 5.74) is 3.16. The summed E-state index contributed by atoms with van der Waals surface area (Å²) < 4.78 is 31.6. The van der Waals surface area contributed by atoms with Crippen molar-refractivity contribution in [2.45, 2.75) is 52.1 Å². The molecule has 3 aromatic rings. The van der Waals surface area contributed by atoms with Gasteiger partial charge in [0.1, 0.15) is 29.1 Å². The lowest BCUT2D eigenvalue weighted by Crippen LogP contribution is -2.29. The molecule has 31 heavy (non-hydrogen) atoms. The van der Waals surface area contributed by atoms with Crippen LogP contribution in [0.25, 0.3) is 11.0 Å². The second-order valence-corrected chi connectivity index (χ2v) is 7.76. The smallest absolute Gasteiger partial charge is 0.172 e. The van der Waals surface area contributed by atoms with Crippen LogP contribution in [-0.4, -0.2) is 25.4 Å². The summed E-state index contributed by atoms with van der Waals surface area (Å²) in [4.78, 5) is 2.24. The fourth-order valence-electron chi connectivity index (χ4n) is 4.23. The van der Waals surface area contributed by atoms with Crippen molar-refractivity contribution >= 4 is 29.1 Å². The molecule has 168 valence electrons. The van der Waals surface area contributed by atoms with Crippen molar-refractivity contribution < 1.29 is 18.4 Å². The van der Waals surface area contributed by atoms with Gasteiger partial charge in [0.05, 0.1) is 18.2 Å². The highest BCUT2D eigenvalue weighted by atomic mass is 35.5. The molecule has 0 saturated carbocycles. The normalized spacial score (nSPS) is 14.9. The number of hydrogen-bond donors (Lipinski definition) is 0. The molecular weight excluding hydrogens is 419 g/mol. The predicted octanol–water partition coefficient (Wildman–Crippen LogP) is 6.48. The Morgan fingerprint density at radius 2 is 1.90 bits per heavy atom. The highest BCUT2D eigenvalue weighted by Gasteiger charge is 2.26. The molecule has 1 atom stereocenters. The first-order valence-corrected chi connectivity index (χ1v) is 10.8. The zero-order chi connectivity index (χ0) is 21.1. The molecule has 0 aliphatic carbocycles. The lowest BCUT2D eigenvalue weighted by atomic mass is 10.0. The van der Waals surface area contributed by atoms with Gasteiger partial charge in [0.15, 0.2) is 5.58 Å². The van der Waals surface area contributed by atoms with E-state index in [9.17, 15) is 4.39 Å². The van der Waals surface area contributed by atoms with E-state index in [-0.39, 0.29) is 24.3 Å². The van der Waals surface area contributed by atoms with Crippen molar-refractivity contribution in [1.82, 2.24) is 5.16 Å². The minimum atomic E-state index is -0.308. The average molecular weight is 449 g/mol. The average Bonchev–Trinajstić information content (AvgIpc) is 3.20. The van der Waals surface area contributed by atoms with Gasteiger partial charge >= 0.3 is 0 Å². The van der Waals surface area contributed by atoms with Crippen molar-refractivity contribution in [1.29, 1.82) is 0 Å². The number of piperidine rings is 1. The second kappa shape index (κ2) is 10.2. The Bertz CT molecular complexity index is 1020. The van der Waals surface area contributed by atoms with Crippen LogP contribution < -0.4 is 14.4 Å². The van der Waals surface area contributed by atoms with Crippen LogP contribution >= 0.6 is 12.4 Å². The molecule has 0 N–H and O–H groups in total. The monoisotopic (exact) mass is 448 g/mol. The molecule has 0 bridgehead atoms. The Labute approximate surface area is 188 Å². The number of aromatic nitrogens is 1. The van der Waals surface area contributed by atoms with E-state index in [1.165, 1.54) is 12.5 Å². The van der Waals surface area contributed by atoms with Crippen LogP contribution in [0.15, 0.2) is 34.9 Å². The minimum absolute atomic E-state index is 0. The molecule has 7 heteroatoms. The van der Waals surface area contributed by atoms with Gasteiger partial charge in [-0.3, -0.25) is 0 Å². The van der Waals surface area contributed by atoms with Crippen LogP contribution in [0, 0.1) is 5.82 Å². The molecule has 1 aliphatic rings. The van der Waals surface area contributed by atoms with E-state index < -0.39 is 0 Å². The molecule has 2 aromatic carbocycles. The molecule has 1 aliphatic heterocycles. The topological polar surface area (TPSA) is 47.7 Å². The Morgan fingerprint density at radius 1 is 1.13 bits per heavy atom. The van der Waals surface area contributed by atoms with Gasteiger partial charge in [-0.1, -0.05) is 25.1 Å². The molecule has 4 rings (SSSR count). The van der Waals surface area contributed by atoms with Gasteiger partial charge in [-0.25, -0.2) is 4.39 Å². The molecule has 0 radical (unpaired) electrons. The quantitative estimate of drug-likeness (QED) is 0.414. The maximum atomic E-state index is 14.3. The molecule has 1 fully saturated rings. The highest BCUT2D eigenvalue weighted by Crippen LogP contribution is 2.38. The van der Waals surface area contributed by atoms with Crippen LogP contribution in [0.4, 0.5) is 10.1 Å². The number of aryl methyl sites for hydroxylation is 1. The summed E-state index contributed by atoms with van der Waals surface area (Å²) in [6.07, 6.45) is 4.71. The molecule has 0 amide bonds. The maximum Gasteiger partial charge on any atom is 0.172 e. The Hall–Kier alpha value is -2.47. The number of nitrogens with zero attached hydrogens (tertiary/aromatic N) is 2. The molecule has 1 unspecified atom stereocenters. The van der Waals surface area contributed by atoms with Gasteiger partial charge in [-0.15, -0.1) is 12.4 Å². The number of methoxy groups -OCH3 is 1. The van der Waals surface area contributed by atoms with Crippen molar-refractivity contribution in [3.63, 3.8) is 0 Å². The fourth-order valence-corrected chi connectivity index (χ4v) is 4.23. The number of halogens is 2. The summed E-state index contributed by atoms with van der Waals surface area (Å²) in [5, 5.41) is 5.16. The Morgan fingerprint density at radius 3 is 2.58 bits per heavy atom. The van der Waals surface area contributed by atoms with Crippen molar-refractivity contribution in [3.05, 3.63) is 47.4 Å². The van der Waals surface area contributed by atoms with Crippen LogP contribution in [0.1, 0.15) is 56.9 Å². The molecule has 1 saturated heterocycles. The second-order valence-electron chi connectivity index (χ2n) is 7.76. The van der Waals surface area contributed by atoms with Crippen LogP contribution in [0.2, 0.25) is 0 Å². The summed E-state index contributed by atoms with van der Waals surface area (Å²) >= 11 is 0. The maximum absolute atomic E-state index is 14.3. The van der Waals surface area contributed by atoms with Gasteiger partial charge < -0.3 is 18.9 Å². The molecule has 5 nitrogen and oxygen atoms in total. The third-order valence-electron chi connectivity index (χ3n) is 5.83. The summed E-state index contributed by atoms with van der Waals surface area (Å²) in [6.45, 7) is 5.97. The number of ether oxygens (including phenoxy) is 2. The lowest BCUT2D eigenvalue weighted by Gasteiger charge is -2.29. The summed E-state index contributed by atoms with van der Waals surface area (Å²) in [6, 6.07) is 8.90. The van der Waals surface area contributed by atoms with Crippen molar-refractivity contribution in [3.8, 4) is 11.5 Å². The number of rotatable bonds is 7. The third-order valence-corrected chi connectivity index (χ3v) is 5.83. The van der Waals surface area contributed by atoms with Gasteiger partial charge in [0.25, 0.3) is 0 Å². The molecular formula is C24H30ClFN2O3. The van der Waals surface area contributed by atoms with Crippen molar-refractivity contribution in [2.75, 3.05) is 25.1 Å². The van der Waals surface area contributed by atoms with E-state index in [1.54, 1.807) is 13.2 Å². The predicted molar refractivity (Wildman–Crippen MR) is 123 cm³/mol. The van der Waals surface area contributed by atoms with E-state index in [0.29, 0.717) is 23.4 Å². The molecule has 2 heterocycles. The van der Waals surface area contributed by atoms with Gasteiger partial charge in [0.2, 0.25) is 0 Å². The summed E-state index contributed by atoms with van der Waals surface area (Å²) in [7, 11) is 1.67. The fraction of sp³-hybridized carbons (Fsp3) is 0.458. The van der Waals surface area contributed by atoms with Gasteiger partial charge in [-0.05, 0) is 49.8 Å². The third kappa shape index (κ3) is 4.74. The first-order valence-electron chi connectivity index (χ1n) is 10.8. The number of hydrogen-bond acceptors (Lipinski definition) is 5. The SMILES string of the molecule is CCc1ccc(OC(CC)c2noc3cc(F)cc(N4CCCCC4)c23)cc1OC.Cl. The van der Waals surface area contributed by atoms with E-state index in [2.05, 4.69) is 17.0 Å². The first-order chi connectivity index (χ1) is 14.6. The Kier molecular flexibility index (Phi) is 7.65. The van der Waals surface area contributed by atoms with Crippen molar-refractivity contribution in [2.24, 2.45) is 0 Å².